The molecule has 8 heteroatoms. The van der Waals surface area contributed by atoms with Crippen LogP contribution in [-0.4, -0.2) is 35.0 Å². The second kappa shape index (κ2) is 5.15. The average Bonchev–Trinajstić information content (AvgIpc) is 2.98. The molecule has 2 rings (SSSR count). The number of rotatable bonds is 4. The molecule has 2 heterocycles. The highest BCUT2D eigenvalue weighted by Gasteiger charge is 2.27. The summed E-state index contributed by atoms with van der Waals surface area (Å²) in [6.45, 7) is 1.87. The van der Waals surface area contributed by atoms with E-state index in [4.69, 9.17) is 16.1 Å². The number of carbonyl (C=O) groups is 2. The van der Waals surface area contributed by atoms with Gasteiger partial charge in [0, 0.05) is 12.6 Å². The highest BCUT2D eigenvalue weighted by molar-refractivity contribution is 5.91. The Hall–Kier alpha value is -1.93. The van der Waals surface area contributed by atoms with E-state index in [1.54, 1.807) is 0 Å². The maximum Gasteiger partial charge on any atom is 0.287 e. The number of nitrogens with one attached hydrogen (secondary N) is 1. The zero-order valence-corrected chi connectivity index (χ0v) is 9.76. The molecule has 98 valence electrons. The standard InChI is InChI=1S/C10H15N5O3/c11-9(16)6-1-2-15(4-6)5-7-3-8(14-18-7)10(17)13-12/h3,6H,1-2,4-5,12H2,(H2,11,16)(H,13,17). The van der Waals surface area contributed by atoms with Crippen LogP contribution in [0.4, 0.5) is 0 Å². The topological polar surface area (TPSA) is 127 Å². The SMILES string of the molecule is NNC(=O)c1cc(CN2CCC(C(N)=O)C2)on1. The zero-order valence-electron chi connectivity index (χ0n) is 9.76. The third kappa shape index (κ3) is 2.66. The van der Waals surface area contributed by atoms with Gasteiger partial charge in [-0.05, 0) is 13.0 Å². The highest BCUT2D eigenvalue weighted by Crippen LogP contribution is 2.18. The van der Waals surface area contributed by atoms with Crippen molar-refractivity contribution in [1.82, 2.24) is 15.5 Å². The number of aromatic nitrogens is 1. The van der Waals surface area contributed by atoms with Crippen LogP contribution in [0.5, 0.6) is 0 Å². The van der Waals surface area contributed by atoms with E-state index in [0.29, 0.717) is 18.8 Å². The lowest BCUT2D eigenvalue weighted by Gasteiger charge is -2.12. The van der Waals surface area contributed by atoms with Crippen LogP contribution in [0.15, 0.2) is 10.6 Å². The van der Waals surface area contributed by atoms with Crippen molar-refractivity contribution in [2.24, 2.45) is 17.5 Å². The van der Waals surface area contributed by atoms with Crippen molar-refractivity contribution in [3.63, 3.8) is 0 Å². The number of nitrogens with zero attached hydrogens (tertiary/aromatic N) is 2. The molecule has 1 aromatic heterocycles. The molecule has 1 aromatic rings. The molecular formula is C10H15N5O3. The fourth-order valence-electron chi connectivity index (χ4n) is 2.00. The minimum Gasteiger partial charge on any atom is -0.369 e. The predicted octanol–water partition coefficient (Wildman–Crippen LogP) is -1.41. The Labute approximate surface area is 103 Å². The van der Waals surface area contributed by atoms with Crippen LogP contribution in [0.2, 0.25) is 0 Å². The Morgan fingerprint density at radius 3 is 3.00 bits per heavy atom. The number of carbonyl (C=O) groups excluding carboxylic acids is 2. The van der Waals surface area contributed by atoms with Gasteiger partial charge in [-0.3, -0.25) is 19.9 Å². The van der Waals surface area contributed by atoms with Crippen LogP contribution in [0, 0.1) is 5.92 Å². The van der Waals surface area contributed by atoms with Crippen LogP contribution < -0.4 is 17.0 Å². The molecule has 5 N–H and O–H groups in total. The summed E-state index contributed by atoms with van der Waals surface area (Å²) < 4.78 is 5.02. The van der Waals surface area contributed by atoms with Gasteiger partial charge in [-0.15, -0.1) is 0 Å². The molecular weight excluding hydrogens is 238 g/mol. The third-order valence-corrected chi connectivity index (χ3v) is 2.98. The first kappa shape index (κ1) is 12.5. The lowest BCUT2D eigenvalue weighted by Crippen LogP contribution is -2.30. The number of likely N-dealkylation sites (tertiary alicyclic amines) is 1. The summed E-state index contributed by atoms with van der Waals surface area (Å²) in [4.78, 5) is 24.2. The van der Waals surface area contributed by atoms with Crippen molar-refractivity contribution in [2.75, 3.05) is 13.1 Å². The van der Waals surface area contributed by atoms with Gasteiger partial charge < -0.3 is 10.3 Å². The largest absolute Gasteiger partial charge is 0.369 e. The van der Waals surface area contributed by atoms with Crippen LogP contribution in [0.1, 0.15) is 22.7 Å². The first-order chi connectivity index (χ1) is 8.60. The van der Waals surface area contributed by atoms with Crippen LogP contribution in [0.25, 0.3) is 0 Å². The maximum atomic E-state index is 11.2. The van der Waals surface area contributed by atoms with E-state index in [9.17, 15) is 9.59 Å². The van der Waals surface area contributed by atoms with Gasteiger partial charge >= 0.3 is 0 Å². The summed E-state index contributed by atoms with van der Waals surface area (Å²) in [6, 6.07) is 1.53. The molecule has 18 heavy (non-hydrogen) atoms. The summed E-state index contributed by atoms with van der Waals surface area (Å²) in [6.07, 6.45) is 0.750. The van der Waals surface area contributed by atoms with Crippen molar-refractivity contribution in [3.8, 4) is 0 Å². The van der Waals surface area contributed by atoms with E-state index in [0.717, 1.165) is 13.0 Å². The van der Waals surface area contributed by atoms with E-state index in [2.05, 4.69) is 5.16 Å². The highest BCUT2D eigenvalue weighted by atomic mass is 16.5. The summed E-state index contributed by atoms with van der Waals surface area (Å²) in [5.74, 6) is 4.65. The van der Waals surface area contributed by atoms with E-state index in [-0.39, 0.29) is 17.5 Å². The summed E-state index contributed by atoms with van der Waals surface area (Å²) in [5, 5.41) is 3.60. The molecule has 0 radical (unpaired) electrons. The fraction of sp³-hybridized carbons (Fsp3) is 0.500. The monoisotopic (exact) mass is 253 g/mol. The minimum atomic E-state index is -0.499. The van der Waals surface area contributed by atoms with Crippen molar-refractivity contribution >= 4 is 11.8 Å². The van der Waals surface area contributed by atoms with Gasteiger partial charge in [0.1, 0.15) is 0 Å². The minimum absolute atomic E-state index is 0.111. The van der Waals surface area contributed by atoms with Crippen LogP contribution >= 0.6 is 0 Å². The number of hydrogen-bond donors (Lipinski definition) is 3. The first-order valence-corrected chi connectivity index (χ1v) is 5.58. The molecule has 1 atom stereocenters. The fourth-order valence-corrected chi connectivity index (χ4v) is 2.00. The molecule has 1 fully saturated rings. The van der Waals surface area contributed by atoms with E-state index in [1.165, 1.54) is 6.07 Å². The van der Waals surface area contributed by atoms with Crippen LogP contribution in [-0.2, 0) is 11.3 Å². The lowest BCUT2D eigenvalue weighted by molar-refractivity contribution is -0.121. The predicted molar refractivity (Wildman–Crippen MR) is 60.7 cm³/mol. The van der Waals surface area contributed by atoms with Crippen molar-refractivity contribution in [1.29, 1.82) is 0 Å². The molecule has 1 unspecified atom stereocenters. The smallest absolute Gasteiger partial charge is 0.287 e. The van der Waals surface area contributed by atoms with Gasteiger partial charge in [-0.25, -0.2) is 5.84 Å². The molecule has 1 aliphatic rings. The van der Waals surface area contributed by atoms with E-state index in [1.807, 2.05) is 10.3 Å². The summed E-state index contributed by atoms with van der Waals surface area (Å²) in [7, 11) is 0. The quantitative estimate of drug-likeness (QED) is 0.343. The van der Waals surface area contributed by atoms with Gasteiger partial charge in [-0.1, -0.05) is 5.16 Å². The molecule has 0 saturated carbocycles. The Kier molecular flexibility index (Phi) is 3.58. The van der Waals surface area contributed by atoms with Crippen LogP contribution in [0.3, 0.4) is 0 Å². The number of amides is 2. The molecule has 0 aromatic carbocycles. The molecule has 0 aliphatic carbocycles. The number of hydrogen-bond acceptors (Lipinski definition) is 6. The molecule has 1 saturated heterocycles. The number of nitrogen functional groups attached to an aromatic ring is 1. The number of hydrazine groups is 1. The molecule has 2 amide bonds. The number of nitrogens with two attached hydrogens (primary N) is 2. The second-order valence-corrected chi connectivity index (χ2v) is 4.28. The van der Waals surface area contributed by atoms with Crippen molar-refractivity contribution < 1.29 is 14.1 Å². The van der Waals surface area contributed by atoms with Gasteiger partial charge in [0.2, 0.25) is 5.91 Å². The van der Waals surface area contributed by atoms with Crippen molar-refractivity contribution in [2.45, 2.75) is 13.0 Å². The normalized spacial score (nSPS) is 19.9. The van der Waals surface area contributed by atoms with Gasteiger partial charge in [0.05, 0.1) is 12.5 Å². The van der Waals surface area contributed by atoms with E-state index < -0.39 is 5.91 Å². The molecule has 8 nitrogen and oxygen atoms in total. The molecule has 1 aliphatic heterocycles. The Balaban J connectivity index is 1.93. The zero-order chi connectivity index (χ0) is 13.1. The average molecular weight is 253 g/mol. The lowest BCUT2D eigenvalue weighted by atomic mass is 10.1. The second-order valence-electron chi connectivity index (χ2n) is 4.28. The molecule has 0 spiro atoms. The van der Waals surface area contributed by atoms with Gasteiger partial charge in [-0.2, -0.15) is 0 Å². The summed E-state index contributed by atoms with van der Waals surface area (Å²) >= 11 is 0. The first-order valence-electron chi connectivity index (χ1n) is 5.58. The summed E-state index contributed by atoms with van der Waals surface area (Å²) in [5.41, 5.74) is 7.36. The van der Waals surface area contributed by atoms with E-state index >= 15 is 0 Å². The molecule has 0 bridgehead atoms. The Morgan fingerprint density at radius 1 is 1.61 bits per heavy atom. The van der Waals surface area contributed by atoms with Crippen molar-refractivity contribution in [3.05, 3.63) is 17.5 Å². The number of primary amides is 1. The maximum absolute atomic E-state index is 11.2. The third-order valence-electron chi connectivity index (χ3n) is 2.98. The Morgan fingerprint density at radius 2 is 2.39 bits per heavy atom. The Bertz CT molecular complexity index is 458. The van der Waals surface area contributed by atoms with Gasteiger partial charge in [0.15, 0.2) is 11.5 Å². The van der Waals surface area contributed by atoms with Gasteiger partial charge in [0.25, 0.3) is 5.91 Å².